The highest BCUT2D eigenvalue weighted by Gasteiger charge is 2.24. The summed E-state index contributed by atoms with van der Waals surface area (Å²) in [5, 5.41) is 9.68. The van der Waals surface area contributed by atoms with E-state index in [-0.39, 0.29) is 5.75 Å². The number of hydrogen-bond acceptors (Lipinski definition) is 2. The van der Waals surface area contributed by atoms with E-state index in [2.05, 4.69) is 13.8 Å². The number of rotatable bonds is 3. The predicted octanol–water partition coefficient (Wildman–Crippen LogP) is 2.61. The molecule has 0 heterocycles. The Morgan fingerprint density at radius 2 is 1.93 bits per heavy atom. The quantitative estimate of drug-likeness (QED) is 0.775. The highest BCUT2D eigenvalue weighted by atomic mass is 16.3. The Morgan fingerprint density at radius 1 is 1.36 bits per heavy atom. The Hall–Kier alpha value is -1.02. The van der Waals surface area contributed by atoms with Crippen LogP contribution in [0.5, 0.6) is 5.75 Å². The Kier molecular flexibility index (Phi) is 3.17. The number of para-hydroxylation sites is 1. The normalized spacial score (nSPS) is 15.5. The van der Waals surface area contributed by atoms with E-state index in [9.17, 15) is 5.11 Å². The lowest BCUT2D eigenvalue weighted by Gasteiger charge is -2.27. The fourth-order valence-electron chi connectivity index (χ4n) is 1.91. The standard InChI is InChI=1S/C12H19NO/c1-9(2)8-12(3,13)10-6-4-5-7-11(10)14/h4-7,9,14H,8,13H2,1-3H3. The summed E-state index contributed by atoms with van der Waals surface area (Å²) in [6, 6.07) is 7.28. The molecule has 0 aromatic heterocycles. The third-order valence-corrected chi connectivity index (χ3v) is 2.35. The van der Waals surface area contributed by atoms with Gasteiger partial charge in [0.15, 0.2) is 0 Å². The van der Waals surface area contributed by atoms with Crippen LogP contribution in [-0.4, -0.2) is 5.11 Å². The topological polar surface area (TPSA) is 46.2 Å². The first-order valence-corrected chi connectivity index (χ1v) is 5.01. The van der Waals surface area contributed by atoms with E-state index in [4.69, 9.17) is 5.73 Å². The van der Waals surface area contributed by atoms with E-state index in [1.807, 2.05) is 25.1 Å². The zero-order valence-corrected chi connectivity index (χ0v) is 9.12. The molecule has 0 fully saturated rings. The molecular weight excluding hydrogens is 174 g/mol. The van der Waals surface area contributed by atoms with Crippen LogP contribution >= 0.6 is 0 Å². The van der Waals surface area contributed by atoms with E-state index in [0.717, 1.165) is 12.0 Å². The summed E-state index contributed by atoms with van der Waals surface area (Å²) in [5.74, 6) is 0.808. The van der Waals surface area contributed by atoms with Gasteiger partial charge in [0.1, 0.15) is 5.75 Å². The minimum Gasteiger partial charge on any atom is -0.508 e. The van der Waals surface area contributed by atoms with Gasteiger partial charge in [-0.15, -0.1) is 0 Å². The Bertz CT molecular complexity index is 305. The van der Waals surface area contributed by atoms with Crippen LogP contribution in [-0.2, 0) is 5.54 Å². The molecule has 78 valence electrons. The molecule has 3 N–H and O–H groups in total. The molecule has 1 unspecified atom stereocenters. The van der Waals surface area contributed by atoms with Crippen molar-refractivity contribution in [2.75, 3.05) is 0 Å². The molecule has 2 heteroatoms. The second-order valence-corrected chi connectivity index (χ2v) is 4.53. The van der Waals surface area contributed by atoms with Crippen LogP contribution in [0.4, 0.5) is 0 Å². The van der Waals surface area contributed by atoms with Crippen molar-refractivity contribution in [3.05, 3.63) is 29.8 Å². The molecule has 0 spiro atoms. The first-order valence-electron chi connectivity index (χ1n) is 5.01. The number of nitrogens with two attached hydrogens (primary N) is 1. The fraction of sp³-hybridized carbons (Fsp3) is 0.500. The van der Waals surface area contributed by atoms with Gasteiger partial charge in [0.25, 0.3) is 0 Å². The molecule has 1 aromatic carbocycles. The number of phenolic OH excluding ortho intramolecular Hbond substituents is 1. The molecule has 0 aliphatic heterocycles. The maximum Gasteiger partial charge on any atom is 0.120 e. The van der Waals surface area contributed by atoms with Crippen LogP contribution in [0.15, 0.2) is 24.3 Å². The monoisotopic (exact) mass is 193 g/mol. The highest BCUT2D eigenvalue weighted by Crippen LogP contribution is 2.31. The fourth-order valence-corrected chi connectivity index (χ4v) is 1.91. The number of aromatic hydroxyl groups is 1. The summed E-state index contributed by atoms with van der Waals surface area (Å²) in [7, 11) is 0. The maximum atomic E-state index is 9.68. The molecule has 0 aliphatic rings. The van der Waals surface area contributed by atoms with Gasteiger partial charge in [-0.25, -0.2) is 0 Å². The molecule has 0 radical (unpaired) electrons. The lowest BCUT2D eigenvalue weighted by atomic mass is 9.84. The Balaban J connectivity index is 2.97. The van der Waals surface area contributed by atoms with Gasteiger partial charge in [-0.2, -0.15) is 0 Å². The molecule has 0 saturated heterocycles. The number of benzene rings is 1. The van der Waals surface area contributed by atoms with Gasteiger partial charge in [-0.1, -0.05) is 32.0 Å². The SMILES string of the molecule is CC(C)CC(C)(N)c1ccccc1O. The van der Waals surface area contributed by atoms with Crippen molar-refractivity contribution in [2.24, 2.45) is 11.7 Å². The van der Waals surface area contributed by atoms with Crippen LogP contribution in [0.25, 0.3) is 0 Å². The Morgan fingerprint density at radius 3 is 2.43 bits per heavy atom. The number of hydrogen-bond donors (Lipinski definition) is 2. The number of phenols is 1. The molecule has 1 rings (SSSR count). The summed E-state index contributed by atoms with van der Waals surface area (Å²) >= 11 is 0. The maximum absolute atomic E-state index is 9.68. The minimum absolute atomic E-state index is 0.290. The van der Waals surface area contributed by atoms with Crippen LogP contribution in [0.2, 0.25) is 0 Å². The molecule has 14 heavy (non-hydrogen) atoms. The zero-order chi connectivity index (χ0) is 10.8. The summed E-state index contributed by atoms with van der Waals surface area (Å²) in [5.41, 5.74) is 6.56. The van der Waals surface area contributed by atoms with E-state index in [1.165, 1.54) is 0 Å². The minimum atomic E-state index is -0.445. The second-order valence-electron chi connectivity index (χ2n) is 4.53. The molecule has 0 bridgehead atoms. The zero-order valence-electron chi connectivity index (χ0n) is 9.12. The summed E-state index contributed by atoms with van der Waals surface area (Å²) in [6.07, 6.45) is 0.866. The first kappa shape index (κ1) is 11.1. The van der Waals surface area contributed by atoms with E-state index in [1.54, 1.807) is 6.07 Å². The highest BCUT2D eigenvalue weighted by molar-refractivity contribution is 5.37. The largest absolute Gasteiger partial charge is 0.508 e. The molecule has 1 atom stereocenters. The van der Waals surface area contributed by atoms with Gasteiger partial charge in [-0.3, -0.25) is 0 Å². The Labute approximate surface area is 85.8 Å². The van der Waals surface area contributed by atoms with Crippen molar-refractivity contribution >= 4 is 0 Å². The van der Waals surface area contributed by atoms with Gasteiger partial charge in [0.05, 0.1) is 0 Å². The van der Waals surface area contributed by atoms with E-state index < -0.39 is 5.54 Å². The summed E-state index contributed by atoms with van der Waals surface area (Å²) in [6.45, 7) is 6.22. The average Bonchev–Trinajstić information content (AvgIpc) is 2.02. The van der Waals surface area contributed by atoms with Gasteiger partial charge < -0.3 is 10.8 Å². The van der Waals surface area contributed by atoms with Gasteiger partial charge in [0, 0.05) is 11.1 Å². The van der Waals surface area contributed by atoms with Crippen molar-refractivity contribution < 1.29 is 5.11 Å². The molecule has 2 nitrogen and oxygen atoms in total. The van der Waals surface area contributed by atoms with E-state index in [0.29, 0.717) is 5.92 Å². The molecular formula is C12H19NO. The van der Waals surface area contributed by atoms with Crippen molar-refractivity contribution in [2.45, 2.75) is 32.7 Å². The third-order valence-electron chi connectivity index (χ3n) is 2.35. The first-order chi connectivity index (χ1) is 6.43. The van der Waals surface area contributed by atoms with Crippen molar-refractivity contribution in [1.82, 2.24) is 0 Å². The van der Waals surface area contributed by atoms with Gasteiger partial charge >= 0.3 is 0 Å². The summed E-state index contributed by atoms with van der Waals surface area (Å²) < 4.78 is 0. The predicted molar refractivity (Wildman–Crippen MR) is 59.1 cm³/mol. The summed E-state index contributed by atoms with van der Waals surface area (Å²) in [4.78, 5) is 0. The molecule has 0 aliphatic carbocycles. The van der Waals surface area contributed by atoms with Crippen molar-refractivity contribution in [3.63, 3.8) is 0 Å². The van der Waals surface area contributed by atoms with Crippen LogP contribution in [0, 0.1) is 5.92 Å². The average molecular weight is 193 g/mol. The van der Waals surface area contributed by atoms with Crippen LogP contribution in [0.3, 0.4) is 0 Å². The second kappa shape index (κ2) is 4.01. The third kappa shape index (κ3) is 2.48. The molecule has 1 aromatic rings. The molecule has 0 saturated carbocycles. The van der Waals surface area contributed by atoms with Crippen molar-refractivity contribution in [1.29, 1.82) is 0 Å². The molecule has 0 amide bonds. The van der Waals surface area contributed by atoms with Gasteiger partial charge in [0.2, 0.25) is 0 Å². The van der Waals surface area contributed by atoms with Crippen LogP contribution in [0.1, 0.15) is 32.8 Å². The van der Waals surface area contributed by atoms with Gasteiger partial charge in [-0.05, 0) is 25.3 Å². The lowest BCUT2D eigenvalue weighted by Crippen LogP contribution is -2.34. The van der Waals surface area contributed by atoms with Crippen molar-refractivity contribution in [3.8, 4) is 5.75 Å². The van der Waals surface area contributed by atoms with E-state index >= 15 is 0 Å². The lowest BCUT2D eigenvalue weighted by molar-refractivity contribution is 0.361. The smallest absolute Gasteiger partial charge is 0.120 e. The van der Waals surface area contributed by atoms with Crippen LogP contribution < -0.4 is 5.73 Å².